The summed E-state index contributed by atoms with van der Waals surface area (Å²) in [7, 11) is 0. The van der Waals surface area contributed by atoms with Gasteiger partial charge >= 0.3 is 0 Å². The van der Waals surface area contributed by atoms with E-state index in [0.717, 1.165) is 16.8 Å². The predicted octanol–water partition coefficient (Wildman–Crippen LogP) is 2.49. The Morgan fingerprint density at radius 2 is 1.81 bits per heavy atom. The molecule has 0 saturated heterocycles. The van der Waals surface area contributed by atoms with E-state index in [1.54, 1.807) is 10.7 Å². The lowest BCUT2D eigenvalue weighted by Gasteiger charge is -2.08. The van der Waals surface area contributed by atoms with E-state index < -0.39 is 0 Å². The van der Waals surface area contributed by atoms with Gasteiger partial charge in [-0.25, -0.2) is 4.98 Å². The second-order valence-corrected chi connectivity index (χ2v) is 5.88. The maximum absolute atomic E-state index is 11.9. The molecule has 0 spiro atoms. The molecule has 0 aliphatic carbocycles. The Balaban J connectivity index is 1.35. The lowest BCUT2D eigenvalue weighted by Crippen LogP contribution is -2.28. The Labute approximate surface area is 155 Å². The average Bonchev–Trinajstić information content (AvgIpc) is 3.21. The normalized spacial score (nSPS) is 10.7. The fourth-order valence-corrected chi connectivity index (χ4v) is 2.67. The zero-order valence-electron chi connectivity index (χ0n) is 14.4. The summed E-state index contributed by atoms with van der Waals surface area (Å²) in [4.78, 5) is 20.2. The summed E-state index contributed by atoms with van der Waals surface area (Å²) in [5.41, 5.74) is 2.90. The lowest BCUT2D eigenvalue weighted by molar-refractivity contribution is -0.123. The van der Waals surface area contributed by atoms with Crippen molar-refractivity contribution in [2.75, 3.05) is 6.61 Å². The smallest absolute Gasteiger partial charge is 0.258 e. The second kappa shape index (κ2) is 7.65. The Morgan fingerprint density at radius 1 is 1.00 bits per heavy atom. The first kappa shape index (κ1) is 16.7. The molecule has 7 nitrogen and oxygen atoms in total. The van der Waals surface area contributed by atoms with Crippen molar-refractivity contribution in [3.8, 4) is 17.0 Å². The molecule has 0 fully saturated rings. The Hall–Kier alpha value is -3.74. The molecule has 1 N–H and O–H groups in total. The number of hydrogen-bond acceptors (Lipinski definition) is 5. The van der Waals surface area contributed by atoms with Gasteiger partial charge in [-0.15, -0.1) is 0 Å². The number of carbonyl (C=O) groups is 1. The van der Waals surface area contributed by atoms with E-state index in [4.69, 9.17) is 4.74 Å². The minimum absolute atomic E-state index is 0.0105. The molecule has 134 valence electrons. The van der Waals surface area contributed by atoms with Gasteiger partial charge in [-0.1, -0.05) is 42.5 Å². The fraction of sp³-hybridized carbons (Fsp3) is 0.100. The minimum Gasteiger partial charge on any atom is -0.484 e. The Morgan fingerprint density at radius 3 is 2.63 bits per heavy atom. The molecule has 4 rings (SSSR count). The topological polar surface area (TPSA) is 81.4 Å². The second-order valence-electron chi connectivity index (χ2n) is 5.88. The molecule has 2 aromatic heterocycles. The van der Waals surface area contributed by atoms with Gasteiger partial charge < -0.3 is 10.1 Å². The number of carbonyl (C=O) groups excluding carboxylic acids is 1. The molecule has 0 unspecified atom stereocenters. The summed E-state index contributed by atoms with van der Waals surface area (Å²) >= 11 is 0. The number of fused-ring (bicyclic) bond motifs is 1. The quantitative estimate of drug-likeness (QED) is 0.572. The maximum atomic E-state index is 11.9. The maximum Gasteiger partial charge on any atom is 0.258 e. The third kappa shape index (κ3) is 3.92. The van der Waals surface area contributed by atoms with Crippen molar-refractivity contribution >= 4 is 11.7 Å². The summed E-state index contributed by atoms with van der Waals surface area (Å²) in [5, 5.41) is 7.05. The molecule has 0 bridgehead atoms. The highest BCUT2D eigenvalue weighted by molar-refractivity contribution is 5.77. The molecule has 0 aliphatic rings. The van der Waals surface area contributed by atoms with Crippen LogP contribution in [0, 0.1) is 0 Å². The van der Waals surface area contributed by atoms with Crippen molar-refractivity contribution in [3.05, 3.63) is 78.8 Å². The standard InChI is InChI=1S/C20H17N5O2/c26-19(13-27-17-4-2-1-3-5-17)22-12-15-6-8-16(9-7-15)18-10-11-21-20-23-14-24-25(18)20/h1-11,14H,12-13H2,(H,22,26). The van der Waals surface area contributed by atoms with E-state index >= 15 is 0 Å². The van der Waals surface area contributed by atoms with Gasteiger partial charge in [-0.2, -0.15) is 14.6 Å². The van der Waals surface area contributed by atoms with Gasteiger partial charge in [0.1, 0.15) is 12.1 Å². The summed E-state index contributed by atoms with van der Waals surface area (Å²) < 4.78 is 7.12. The number of ether oxygens (including phenoxy) is 1. The van der Waals surface area contributed by atoms with E-state index in [1.165, 1.54) is 6.33 Å². The molecule has 0 radical (unpaired) electrons. The van der Waals surface area contributed by atoms with Gasteiger partial charge in [-0.3, -0.25) is 4.79 Å². The highest BCUT2D eigenvalue weighted by Gasteiger charge is 2.07. The highest BCUT2D eigenvalue weighted by Crippen LogP contribution is 2.19. The molecule has 0 aliphatic heterocycles. The number of aromatic nitrogens is 4. The molecule has 0 saturated carbocycles. The number of rotatable bonds is 6. The minimum atomic E-state index is -0.165. The molecule has 2 heterocycles. The molecule has 2 aromatic carbocycles. The van der Waals surface area contributed by atoms with Crippen molar-refractivity contribution in [1.29, 1.82) is 0 Å². The molecule has 27 heavy (non-hydrogen) atoms. The number of nitrogens with zero attached hydrogens (tertiary/aromatic N) is 4. The largest absolute Gasteiger partial charge is 0.484 e. The SMILES string of the molecule is O=C(COc1ccccc1)NCc1ccc(-c2ccnc3ncnn23)cc1. The van der Waals surface area contributed by atoms with E-state index in [2.05, 4.69) is 20.4 Å². The van der Waals surface area contributed by atoms with Crippen molar-refractivity contribution in [1.82, 2.24) is 24.9 Å². The van der Waals surface area contributed by atoms with E-state index in [0.29, 0.717) is 18.1 Å². The summed E-state index contributed by atoms with van der Waals surface area (Å²) in [6, 6.07) is 19.1. The molecular formula is C20H17N5O2. The first-order chi connectivity index (χ1) is 13.3. The fourth-order valence-electron chi connectivity index (χ4n) is 2.67. The lowest BCUT2D eigenvalue weighted by atomic mass is 10.1. The van der Waals surface area contributed by atoms with Crippen molar-refractivity contribution < 1.29 is 9.53 Å². The molecular weight excluding hydrogens is 342 g/mol. The Kier molecular flexibility index (Phi) is 4.74. The van der Waals surface area contributed by atoms with Gasteiger partial charge in [0.05, 0.1) is 5.69 Å². The Bertz CT molecular complexity index is 1040. The van der Waals surface area contributed by atoms with E-state index in [9.17, 15) is 4.79 Å². The van der Waals surface area contributed by atoms with Gasteiger partial charge in [-0.05, 0) is 23.8 Å². The van der Waals surface area contributed by atoms with Crippen LogP contribution in [0.4, 0.5) is 0 Å². The highest BCUT2D eigenvalue weighted by atomic mass is 16.5. The number of benzene rings is 2. The molecule has 4 aromatic rings. The zero-order chi connectivity index (χ0) is 18.5. The zero-order valence-corrected chi connectivity index (χ0v) is 14.4. The third-order valence-corrected chi connectivity index (χ3v) is 4.03. The average molecular weight is 359 g/mol. The van der Waals surface area contributed by atoms with Crippen molar-refractivity contribution in [2.24, 2.45) is 0 Å². The van der Waals surface area contributed by atoms with Crippen LogP contribution in [-0.2, 0) is 11.3 Å². The number of hydrogen-bond donors (Lipinski definition) is 1. The van der Waals surface area contributed by atoms with Crippen molar-refractivity contribution in [3.63, 3.8) is 0 Å². The third-order valence-electron chi connectivity index (χ3n) is 4.03. The number of amides is 1. The first-order valence-corrected chi connectivity index (χ1v) is 8.48. The van der Waals surface area contributed by atoms with Crippen LogP contribution >= 0.6 is 0 Å². The van der Waals surface area contributed by atoms with E-state index in [-0.39, 0.29) is 12.5 Å². The van der Waals surface area contributed by atoms with Crippen LogP contribution in [0.5, 0.6) is 5.75 Å². The van der Waals surface area contributed by atoms with Gasteiger partial charge in [0.2, 0.25) is 0 Å². The van der Waals surface area contributed by atoms with Gasteiger partial charge in [0.15, 0.2) is 6.61 Å². The van der Waals surface area contributed by atoms with Crippen LogP contribution in [-0.4, -0.2) is 32.1 Å². The van der Waals surface area contributed by atoms with Gasteiger partial charge in [0.25, 0.3) is 11.7 Å². The van der Waals surface area contributed by atoms with Crippen LogP contribution in [0.1, 0.15) is 5.56 Å². The monoisotopic (exact) mass is 359 g/mol. The number of para-hydroxylation sites is 1. The van der Waals surface area contributed by atoms with Crippen LogP contribution in [0.15, 0.2) is 73.2 Å². The van der Waals surface area contributed by atoms with Crippen LogP contribution < -0.4 is 10.1 Å². The van der Waals surface area contributed by atoms with Crippen LogP contribution in [0.25, 0.3) is 17.0 Å². The van der Waals surface area contributed by atoms with Crippen LogP contribution in [0.2, 0.25) is 0 Å². The van der Waals surface area contributed by atoms with Crippen molar-refractivity contribution in [2.45, 2.75) is 6.54 Å². The summed E-state index contributed by atoms with van der Waals surface area (Å²) in [6.45, 7) is 0.426. The predicted molar refractivity (Wildman–Crippen MR) is 100 cm³/mol. The molecule has 1 amide bonds. The first-order valence-electron chi connectivity index (χ1n) is 8.48. The van der Waals surface area contributed by atoms with Crippen LogP contribution in [0.3, 0.4) is 0 Å². The molecule has 7 heteroatoms. The van der Waals surface area contributed by atoms with Gasteiger partial charge in [0, 0.05) is 18.3 Å². The number of nitrogens with one attached hydrogen (secondary N) is 1. The summed E-state index contributed by atoms with van der Waals surface area (Å²) in [6.07, 6.45) is 3.19. The summed E-state index contributed by atoms with van der Waals surface area (Å²) in [5.74, 6) is 1.07. The molecule has 0 atom stereocenters. The van der Waals surface area contributed by atoms with E-state index in [1.807, 2.05) is 60.7 Å².